The van der Waals surface area contributed by atoms with E-state index in [0.717, 1.165) is 53.4 Å². The van der Waals surface area contributed by atoms with E-state index in [4.69, 9.17) is 16.2 Å². The van der Waals surface area contributed by atoms with Crippen molar-refractivity contribution in [3.63, 3.8) is 0 Å². The van der Waals surface area contributed by atoms with E-state index in [1.807, 2.05) is 6.07 Å². The number of morpholine rings is 1. The number of hydrogen-bond donors (Lipinski definition) is 2. The van der Waals surface area contributed by atoms with E-state index in [1.165, 1.54) is 28.7 Å². The fourth-order valence-corrected chi connectivity index (χ4v) is 4.57. The predicted octanol–water partition coefficient (Wildman–Crippen LogP) is 2.79. The lowest BCUT2D eigenvalue weighted by Crippen LogP contribution is -2.35. The van der Waals surface area contributed by atoms with Crippen molar-refractivity contribution in [1.29, 1.82) is 0 Å². The molecule has 4 N–H and O–H groups in total. The van der Waals surface area contributed by atoms with Gasteiger partial charge in [-0.05, 0) is 29.7 Å². The molecule has 0 aliphatic carbocycles. The van der Waals surface area contributed by atoms with Crippen molar-refractivity contribution in [2.24, 2.45) is 5.73 Å². The maximum Gasteiger partial charge on any atom is 0.251 e. The number of amides is 1. The number of fused-ring (bicyclic) bond motifs is 1. The molecule has 0 radical (unpaired) electrons. The van der Waals surface area contributed by atoms with Crippen LogP contribution in [-0.2, 0) is 11.3 Å². The zero-order chi connectivity index (χ0) is 19.0. The number of primary amides is 1. The molecule has 0 unspecified atom stereocenters. The number of pyridine rings is 1. The number of nitrogens with zero attached hydrogens (tertiary/aromatic N) is 2. The van der Waals surface area contributed by atoms with Gasteiger partial charge in [-0.1, -0.05) is 18.2 Å². The number of rotatable bonds is 4. The van der Waals surface area contributed by atoms with E-state index in [0.29, 0.717) is 11.4 Å². The van der Waals surface area contributed by atoms with Crippen LogP contribution < -0.4 is 11.5 Å². The summed E-state index contributed by atoms with van der Waals surface area (Å²) in [7, 11) is 0. The summed E-state index contributed by atoms with van der Waals surface area (Å²) in [6.07, 6.45) is 1.46. The Morgan fingerprint density at radius 1 is 1.30 bits per heavy atom. The van der Waals surface area contributed by atoms with Gasteiger partial charge in [0.25, 0.3) is 5.91 Å². The van der Waals surface area contributed by atoms with Gasteiger partial charge in [0, 0.05) is 36.1 Å². The summed E-state index contributed by atoms with van der Waals surface area (Å²) in [5.41, 5.74) is 15.6. The highest BCUT2D eigenvalue weighted by atomic mass is 32.1. The molecule has 2 aromatic heterocycles. The average molecular weight is 382 g/mol. The second kappa shape index (κ2) is 7.26. The van der Waals surface area contributed by atoms with Crippen molar-refractivity contribution >= 4 is 33.1 Å². The molecule has 3 heterocycles. The summed E-state index contributed by atoms with van der Waals surface area (Å²) in [5.74, 6) is -0.0731. The lowest BCUT2D eigenvalue weighted by Gasteiger charge is -2.27. The highest BCUT2D eigenvalue weighted by Gasteiger charge is 2.16. The SMILES string of the molecule is Cc1cc(-c2cc3c(N)ncc(C(N)=O)c3s2)ccc1CN1CCOCC1. The van der Waals surface area contributed by atoms with E-state index in [2.05, 4.69) is 35.0 Å². The third kappa shape index (κ3) is 3.53. The first-order chi connectivity index (χ1) is 13.0. The van der Waals surface area contributed by atoms with E-state index in [1.54, 1.807) is 0 Å². The van der Waals surface area contributed by atoms with Crippen LogP contribution in [0.3, 0.4) is 0 Å². The van der Waals surface area contributed by atoms with Crippen LogP contribution in [0.2, 0.25) is 0 Å². The predicted molar refractivity (Wildman–Crippen MR) is 109 cm³/mol. The fraction of sp³-hybridized carbons (Fsp3) is 0.300. The third-order valence-corrected chi connectivity index (χ3v) is 6.19. The summed E-state index contributed by atoms with van der Waals surface area (Å²) in [6.45, 7) is 6.62. The Hall–Kier alpha value is -2.48. The summed E-state index contributed by atoms with van der Waals surface area (Å²) in [6, 6.07) is 8.49. The molecule has 1 aliphatic rings. The molecule has 3 aromatic rings. The van der Waals surface area contributed by atoms with E-state index < -0.39 is 5.91 Å². The quantitative estimate of drug-likeness (QED) is 0.723. The Kier molecular flexibility index (Phi) is 4.82. The zero-order valence-corrected chi connectivity index (χ0v) is 16.0. The largest absolute Gasteiger partial charge is 0.383 e. The van der Waals surface area contributed by atoms with Crippen molar-refractivity contribution in [2.45, 2.75) is 13.5 Å². The summed E-state index contributed by atoms with van der Waals surface area (Å²) in [4.78, 5) is 19.3. The van der Waals surface area contributed by atoms with Gasteiger partial charge in [-0.3, -0.25) is 9.69 Å². The van der Waals surface area contributed by atoms with Crippen LogP contribution in [-0.4, -0.2) is 42.1 Å². The Morgan fingerprint density at radius 3 is 2.78 bits per heavy atom. The van der Waals surface area contributed by atoms with Gasteiger partial charge in [0.2, 0.25) is 0 Å². The van der Waals surface area contributed by atoms with Gasteiger partial charge in [-0.25, -0.2) is 4.98 Å². The van der Waals surface area contributed by atoms with Gasteiger partial charge < -0.3 is 16.2 Å². The van der Waals surface area contributed by atoms with Gasteiger partial charge >= 0.3 is 0 Å². The van der Waals surface area contributed by atoms with Gasteiger partial charge in [-0.2, -0.15) is 0 Å². The summed E-state index contributed by atoms with van der Waals surface area (Å²) < 4.78 is 6.21. The van der Waals surface area contributed by atoms with Crippen LogP contribution in [0, 0.1) is 6.92 Å². The topological polar surface area (TPSA) is 94.5 Å². The van der Waals surface area contributed by atoms with Crippen LogP contribution in [0.1, 0.15) is 21.5 Å². The molecular weight excluding hydrogens is 360 g/mol. The molecule has 27 heavy (non-hydrogen) atoms. The number of carbonyl (C=O) groups excluding carboxylic acids is 1. The smallest absolute Gasteiger partial charge is 0.251 e. The number of anilines is 1. The van der Waals surface area contributed by atoms with Crippen LogP contribution in [0.15, 0.2) is 30.5 Å². The Morgan fingerprint density at radius 2 is 2.07 bits per heavy atom. The number of benzene rings is 1. The molecule has 6 nitrogen and oxygen atoms in total. The monoisotopic (exact) mass is 382 g/mol. The molecular formula is C20H22N4O2S. The number of nitrogen functional groups attached to an aromatic ring is 1. The third-order valence-electron chi connectivity index (χ3n) is 4.98. The second-order valence-electron chi connectivity index (χ2n) is 6.80. The van der Waals surface area contributed by atoms with Crippen LogP contribution >= 0.6 is 11.3 Å². The van der Waals surface area contributed by atoms with E-state index in [-0.39, 0.29) is 0 Å². The lowest BCUT2D eigenvalue weighted by atomic mass is 10.0. The van der Waals surface area contributed by atoms with Gasteiger partial charge in [0.1, 0.15) is 5.82 Å². The van der Waals surface area contributed by atoms with Crippen LogP contribution in [0.4, 0.5) is 5.82 Å². The van der Waals surface area contributed by atoms with Crippen LogP contribution in [0.5, 0.6) is 0 Å². The maximum absolute atomic E-state index is 11.7. The molecule has 7 heteroatoms. The van der Waals surface area contributed by atoms with Gasteiger partial charge in [-0.15, -0.1) is 11.3 Å². The van der Waals surface area contributed by atoms with E-state index >= 15 is 0 Å². The van der Waals surface area contributed by atoms with Crippen molar-refractivity contribution in [3.8, 4) is 10.4 Å². The molecule has 140 valence electrons. The molecule has 1 aliphatic heterocycles. The standard InChI is InChI=1S/C20H22N4O2S/c1-12-8-13(2-3-14(12)11-24-4-6-26-7-5-24)17-9-15-18(27-17)16(20(22)25)10-23-19(15)21/h2-3,8-10H,4-7,11H2,1H3,(H2,21,23)(H2,22,25). The van der Waals surface area contributed by atoms with Crippen molar-refractivity contribution in [2.75, 3.05) is 32.0 Å². The molecule has 0 bridgehead atoms. The molecule has 4 rings (SSSR count). The maximum atomic E-state index is 11.7. The Balaban J connectivity index is 1.67. The molecule has 0 spiro atoms. The first-order valence-electron chi connectivity index (χ1n) is 8.91. The van der Waals surface area contributed by atoms with Crippen molar-refractivity contribution < 1.29 is 9.53 Å². The summed E-state index contributed by atoms with van der Waals surface area (Å²) in [5, 5.41) is 0.779. The zero-order valence-electron chi connectivity index (χ0n) is 15.2. The van der Waals surface area contributed by atoms with Crippen molar-refractivity contribution in [1.82, 2.24) is 9.88 Å². The second-order valence-corrected chi connectivity index (χ2v) is 7.86. The number of aryl methyl sites for hydroxylation is 1. The Bertz CT molecular complexity index is 1010. The normalized spacial score (nSPS) is 15.3. The van der Waals surface area contributed by atoms with E-state index in [9.17, 15) is 4.79 Å². The molecule has 1 amide bonds. The van der Waals surface area contributed by atoms with Crippen LogP contribution in [0.25, 0.3) is 20.5 Å². The molecule has 1 saturated heterocycles. The molecule has 0 saturated carbocycles. The molecule has 0 atom stereocenters. The number of aromatic nitrogens is 1. The lowest BCUT2D eigenvalue weighted by molar-refractivity contribution is 0.0341. The molecule has 1 fully saturated rings. The van der Waals surface area contributed by atoms with Gasteiger partial charge in [0.15, 0.2) is 0 Å². The number of carbonyl (C=O) groups is 1. The minimum atomic E-state index is -0.488. The van der Waals surface area contributed by atoms with Gasteiger partial charge in [0.05, 0.1) is 23.5 Å². The average Bonchev–Trinajstić information content (AvgIpc) is 3.10. The summed E-state index contributed by atoms with van der Waals surface area (Å²) >= 11 is 1.52. The fourth-order valence-electron chi connectivity index (χ4n) is 3.39. The first kappa shape index (κ1) is 17.9. The first-order valence-corrected chi connectivity index (χ1v) is 9.72. The molecule has 1 aromatic carbocycles. The highest BCUT2D eigenvalue weighted by molar-refractivity contribution is 7.22. The minimum Gasteiger partial charge on any atom is -0.383 e. The number of thiophene rings is 1. The Labute approximate surface area is 161 Å². The number of hydrogen-bond acceptors (Lipinski definition) is 6. The van der Waals surface area contributed by atoms with Crippen molar-refractivity contribution in [3.05, 3.63) is 47.2 Å². The highest BCUT2D eigenvalue weighted by Crippen LogP contribution is 2.37. The minimum absolute atomic E-state index is 0.413. The number of nitrogens with two attached hydrogens (primary N) is 2. The number of ether oxygens (including phenoxy) is 1.